The van der Waals surface area contributed by atoms with Crippen LogP contribution in [0.2, 0.25) is 0 Å². The molecule has 24 heavy (non-hydrogen) atoms. The Hall–Kier alpha value is -3.48. The number of ether oxygens (including phenoxy) is 1. The second-order valence-corrected chi connectivity index (χ2v) is 5.10. The van der Waals surface area contributed by atoms with Crippen LogP contribution in [0.5, 0.6) is 5.75 Å². The SMILES string of the molecule is Cc1cc(=O)oc2cc(OC(=O)c3cccc([N+](=O)[O-])c3)ccc12. The summed E-state index contributed by atoms with van der Waals surface area (Å²) in [5, 5.41) is 11.5. The first-order chi connectivity index (χ1) is 11.4. The van der Waals surface area contributed by atoms with E-state index in [0.29, 0.717) is 5.58 Å². The number of carbonyl (C=O) groups is 1. The van der Waals surface area contributed by atoms with Crippen LogP contribution >= 0.6 is 0 Å². The number of nitro benzene ring substituents is 1. The number of hydrogen-bond donors (Lipinski definition) is 0. The lowest BCUT2D eigenvalue weighted by Crippen LogP contribution is -2.09. The van der Waals surface area contributed by atoms with E-state index in [0.717, 1.165) is 17.0 Å². The molecule has 0 spiro atoms. The summed E-state index contributed by atoms with van der Waals surface area (Å²) in [6.45, 7) is 1.77. The van der Waals surface area contributed by atoms with Gasteiger partial charge in [0.1, 0.15) is 11.3 Å². The highest BCUT2D eigenvalue weighted by atomic mass is 16.6. The molecule has 0 saturated heterocycles. The summed E-state index contributed by atoms with van der Waals surface area (Å²) in [4.78, 5) is 33.7. The number of esters is 1. The number of carbonyl (C=O) groups excluding carboxylic acids is 1. The molecule has 120 valence electrons. The van der Waals surface area contributed by atoms with E-state index in [4.69, 9.17) is 9.15 Å². The third-order valence-electron chi connectivity index (χ3n) is 3.43. The number of nitrogens with zero attached hydrogens (tertiary/aromatic N) is 1. The van der Waals surface area contributed by atoms with Gasteiger partial charge in [-0.15, -0.1) is 0 Å². The minimum absolute atomic E-state index is 0.0509. The largest absolute Gasteiger partial charge is 0.423 e. The predicted octanol–water partition coefficient (Wildman–Crippen LogP) is 3.23. The maximum absolute atomic E-state index is 12.1. The first kappa shape index (κ1) is 15.4. The zero-order valence-electron chi connectivity index (χ0n) is 12.5. The van der Waals surface area contributed by atoms with Gasteiger partial charge in [-0.25, -0.2) is 9.59 Å². The fraction of sp³-hybridized carbons (Fsp3) is 0.0588. The number of hydrogen-bond acceptors (Lipinski definition) is 6. The van der Waals surface area contributed by atoms with Crippen LogP contribution in [0.4, 0.5) is 5.69 Å². The Morgan fingerprint density at radius 2 is 1.96 bits per heavy atom. The quantitative estimate of drug-likeness (QED) is 0.241. The van der Waals surface area contributed by atoms with Crippen LogP contribution in [0, 0.1) is 17.0 Å². The average molecular weight is 325 g/mol. The molecule has 0 aliphatic carbocycles. The summed E-state index contributed by atoms with van der Waals surface area (Å²) in [7, 11) is 0. The van der Waals surface area contributed by atoms with E-state index in [9.17, 15) is 19.7 Å². The van der Waals surface area contributed by atoms with Crippen molar-refractivity contribution in [3.63, 3.8) is 0 Å². The third kappa shape index (κ3) is 3.00. The van der Waals surface area contributed by atoms with Crippen LogP contribution in [-0.4, -0.2) is 10.9 Å². The Morgan fingerprint density at radius 3 is 2.71 bits per heavy atom. The van der Waals surface area contributed by atoms with Gasteiger partial charge in [0.25, 0.3) is 5.69 Å². The van der Waals surface area contributed by atoms with Crippen molar-refractivity contribution in [2.45, 2.75) is 6.92 Å². The van der Waals surface area contributed by atoms with Crippen molar-refractivity contribution in [1.82, 2.24) is 0 Å². The van der Waals surface area contributed by atoms with Crippen molar-refractivity contribution in [2.75, 3.05) is 0 Å². The minimum Gasteiger partial charge on any atom is -0.423 e. The van der Waals surface area contributed by atoms with Gasteiger partial charge in [-0.2, -0.15) is 0 Å². The van der Waals surface area contributed by atoms with Gasteiger partial charge in [-0.05, 0) is 30.7 Å². The maximum Gasteiger partial charge on any atom is 0.343 e. The van der Waals surface area contributed by atoms with E-state index in [-0.39, 0.29) is 17.0 Å². The molecule has 0 N–H and O–H groups in total. The maximum atomic E-state index is 12.1. The van der Waals surface area contributed by atoms with E-state index in [1.165, 1.54) is 30.3 Å². The molecular weight excluding hydrogens is 314 g/mol. The number of non-ortho nitro benzene ring substituents is 1. The molecule has 0 saturated carbocycles. The van der Waals surface area contributed by atoms with E-state index in [2.05, 4.69) is 0 Å². The van der Waals surface area contributed by atoms with Gasteiger partial charge >= 0.3 is 11.6 Å². The Bertz CT molecular complexity index is 1020. The summed E-state index contributed by atoms with van der Waals surface area (Å²) >= 11 is 0. The second kappa shape index (κ2) is 5.96. The summed E-state index contributed by atoms with van der Waals surface area (Å²) in [6, 6.07) is 11.3. The highest BCUT2D eigenvalue weighted by Gasteiger charge is 2.14. The van der Waals surface area contributed by atoms with Gasteiger partial charge in [0.15, 0.2) is 0 Å². The summed E-state index contributed by atoms with van der Waals surface area (Å²) in [5.74, 6) is -0.569. The van der Waals surface area contributed by atoms with Gasteiger partial charge in [0, 0.05) is 29.7 Å². The number of fused-ring (bicyclic) bond motifs is 1. The monoisotopic (exact) mass is 325 g/mol. The van der Waals surface area contributed by atoms with Crippen molar-refractivity contribution in [2.24, 2.45) is 0 Å². The number of nitro groups is 1. The lowest BCUT2D eigenvalue weighted by atomic mass is 10.1. The number of rotatable bonds is 3. The Labute approximate surface area is 135 Å². The second-order valence-electron chi connectivity index (χ2n) is 5.10. The predicted molar refractivity (Wildman–Crippen MR) is 85.3 cm³/mol. The molecule has 3 rings (SSSR count). The molecule has 0 aliphatic heterocycles. The zero-order chi connectivity index (χ0) is 17.3. The molecule has 0 unspecified atom stereocenters. The molecule has 0 radical (unpaired) electrons. The van der Waals surface area contributed by atoms with Gasteiger partial charge in [-0.1, -0.05) is 6.07 Å². The topological polar surface area (TPSA) is 99.7 Å². The van der Waals surface area contributed by atoms with Crippen molar-refractivity contribution in [1.29, 1.82) is 0 Å². The van der Waals surface area contributed by atoms with Crippen LogP contribution < -0.4 is 10.4 Å². The van der Waals surface area contributed by atoms with Gasteiger partial charge in [-0.3, -0.25) is 10.1 Å². The standard InChI is InChI=1S/C17H11NO6/c1-10-7-16(19)24-15-9-13(5-6-14(10)15)23-17(20)11-3-2-4-12(8-11)18(21)22/h2-9H,1H3. The highest BCUT2D eigenvalue weighted by Crippen LogP contribution is 2.23. The summed E-state index contributed by atoms with van der Waals surface area (Å²) < 4.78 is 10.3. The molecule has 7 nitrogen and oxygen atoms in total. The first-order valence-corrected chi connectivity index (χ1v) is 6.95. The van der Waals surface area contributed by atoms with Crippen LogP contribution in [0.15, 0.2) is 57.7 Å². The van der Waals surface area contributed by atoms with Crippen LogP contribution in [0.1, 0.15) is 15.9 Å². The molecule has 7 heteroatoms. The van der Waals surface area contributed by atoms with Crippen LogP contribution in [-0.2, 0) is 0 Å². The van der Waals surface area contributed by atoms with Gasteiger partial charge in [0.05, 0.1) is 10.5 Å². The molecule has 1 aromatic heterocycles. The lowest BCUT2D eigenvalue weighted by molar-refractivity contribution is -0.384. The normalized spacial score (nSPS) is 10.5. The molecule has 0 fully saturated rings. The molecule has 3 aromatic rings. The fourth-order valence-electron chi connectivity index (χ4n) is 2.28. The van der Waals surface area contributed by atoms with Crippen molar-refractivity contribution in [3.05, 3.63) is 80.2 Å². The van der Waals surface area contributed by atoms with Crippen molar-refractivity contribution >= 4 is 22.6 Å². The van der Waals surface area contributed by atoms with Crippen LogP contribution in [0.25, 0.3) is 11.0 Å². The highest BCUT2D eigenvalue weighted by molar-refractivity contribution is 5.92. The molecular formula is C17H11NO6. The molecule has 1 heterocycles. The third-order valence-corrected chi connectivity index (χ3v) is 3.43. The lowest BCUT2D eigenvalue weighted by Gasteiger charge is -2.06. The Kier molecular flexibility index (Phi) is 3.83. The zero-order valence-corrected chi connectivity index (χ0v) is 12.5. The molecule has 0 aliphatic rings. The van der Waals surface area contributed by atoms with Crippen molar-refractivity contribution < 1.29 is 18.9 Å². The average Bonchev–Trinajstić information content (AvgIpc) is 2.54. The molecule has 0 bridgehead atoms. The van der Waals surface area contributed by atoms with E-state index in [1.54, 1.807) is 19.1 Å². The molecule has 0 atom stereocenters. The van der Waals surface area contributed by atoms with E-state index >= 15 is 0 Å². The smallest absolute Gasteiger partial charge is 0.343 e. The Balaban J connectivity index is 1.92. The van der Waals surface area contributed by atoms with Crippen molar-refractivity contribution in [3.8, 4) is 5.75 Å². The van der Waals surface area contributed by atoms with Gasteiger partial charge in [0.2, 0.25) is 0 Å². The van der Waals surface area contributed by atoms with Crippen LogP contribution in [0.3, 0.4) is 0 Å². The molecule has 2 aromatic carbocycles. The van der Waals surface area contributed by atoms with E-state index in [1.807, 2.05) is 0 Å². The number of benzene rings is 2. The summed E-state index contributed by atoms with van der Waals surface area (Å²) in [6.07, 6.45) is 0. The molecule has 0 amide bonds. The first-order valence-electron chi connectivity index (χ1n) is 6.95. The van der Waals surface area contributed by atoms with Gasteiger partial charge < -0.3 is 9.15 Å². The summed E-state index contributed by atoms with van der Waals surface area (Å²) in [5.41, 5.74) is 0.392. The fourth-order valence-corrected chi connectivity index (χ4v) is 2.28. The van der Waals surface area contributed by atoms with E-state index < -0.39 is 16.5 Å². The Morgan fingerprint density at radius 1 is 1.17 bits per heavy atom. The number of aryl methyl sites for hydroxylation is 1. The minimum atomic E-state index is -0.743.